The van der Waals surface area contributed by atoms with Crippen LogP contribution in [-0.4, -0.2) is 37.5 Å². The number of hydrogen-bond donors (Lipinski definition) is 1. The van der Waals surface area contributed by atoms with E-state index in [4.69, 9.17) is 0 Å². The first kappa shape index (κ1) is 14.5. The van der Waals surface area contributed by atoms with Crippen LogP contribution in [0.15, 0.2) is 22.7 Å². The number of carbonyl (C=O) groups is 1. The highest BCUT2D eigenvalue weighted by Crippen LogP contribution is 2.21. The van der Waals surface area contributed by atoms with Gasteiger partial charge in [0.25, 0.3) is 5.91 Å². The molecular formula is C15H21BrN2O. The zero-order valence-electron chi connectivity index (χ0n) is 11.6. The van der Waals surface area contributed by atoms with Crippen molar-refractivity contribution in [3.63, 3.8) is 0 Å². The van der Waals surface area contributed by atoms with Crippen molar-refractivity contribution >= 4 is 21.8 Å². The van der Waals surface area contributed by atoms with Gasteiger partial charge in [-0.15, -0.1) is 0 Å². The quantitative estimate of drug-likeness (QED) is 0.927. The molecule has 2 rings (SSSR count). The van der Waals surface area contributed by atoms with Gasteiger partial charge in [-0.25, -0.2) is 0 Å². The second-order valence-electron chi connectivity index (χ2n) is 5.28. The van der Waals surface area contributed by atoms with E-state index in [1.807, 2.05) is 37.1 Å². The van der Waals surface area contributed by atoms with E-state index in [0.717, 1.165) is 41.7 Å². The van der Waals surface area contributed by atoms with Crippen LogP contribution in [0.2, 0.25) is 0 Å². The summed E-state index contributed by atoms with van der Waals surface area (Å²) in [5.41, 5.74) is 1.86. The van der Waals surface area contributed by atoms with Crippen LogP contribution in [0, 0.1) is 12.8 Å². The summed E-state index contributed by atoms with van der Waals surface area (Å²) in [6.07, 6.45) is 2.31. The monoisotopic (exact) mass is 324 g/mol. The Kier molecular flexibility index (Phi) is 4.99. The summed E-state index contributed by atoms with van der Waals surface area (Å²) < 4.78 is 0.963. The summed E-state index contributed by atoms with van der Waals surface area (Å²) in [6, 6.07) is 5.90. The number of rotatable bonds is 3. The van der Waals surface area contributed by atoms with Crippen molar-refractivity contribution in [3.05, 3.63) is 33.8 Å². The molecule has 1 heterocycles. The van der Waals surface area contributed by atoms with Crippen LogP contribution < -0.4 is 5.32 Å². The highest BCUT2D eigenvalue weighted by Gasteiger charge is 2.24. The van der Waals surface area contributed by atoms with Crippen molar-refractivity contribution < 1.29 is 4.79 Å². The van der Waals surface area contributed by atoms with Gasteiger partial charge in [0.1, 0.15) is 0 Å². The SMILES string of the molecule is CNC[C@@H]1CCCN(C(=O)c2cc(Br)ccc2C)C1. The zero-order valence-corrected chi connectivity index (χ0v) is 13.2. The Bertz CT molecular complexity index is 459. The highest BCUT2D eigenvalue weighted by atomic mass is 79.9. The minimum Gasteiger partial charge on any atom is -0.338 e. The molecule has 1 atom stereocenters. The van der Waals surface area contributed by atoms with Crippen molar-refractivity contribution in [2.24, 2.45) is 5.92 Å². The van der Waals surface area contributed by atoms with Crippen LogP contribution in [0.3, 0.4) is 0 Å². The smallest absolute Gasteiger partial charge is 0.254 e. The van der Waals surface area contributed by atoms with Gasteiger partial charge in [-0.05, 0) is 57.0 Å². The van der Waals surface area contributed by atoms with E-state index in [-0.39, 0.29) is 5.91 Å². The molecule has 1 N–H and O–H groups in total. The van der Waals surface area contributed by atoms with Crippen LogP contribution in [0.4, 0.5) is 0 Å². The van der Waals surface area contributed by atoms with Gasteiger partial charge in [-0.2, -0.15) is 0 Å². The molecule has 1 aliphatic rings. The molecule has 1 saturated heterocycles. The topological polar surface area (TPSA) is 32.3 Å². The van der Waals surface area contributed by atoms with Gasteiger partial charge in [-0.3, -0.25) is 4.79 Å². The van der Waals surface area contributed by atoms with E-state index in [0.29, 0.717) is 5.92 Å². The molecule has 3 nitrogen and oxygen atoms in total. The lowest BCUT2D eigenvalue weighted by Gasteiger charge is -2.33. The highest BCUT2D eigenvalue weighted by molar-refractivity contribution is 9.10. The molecule has 4 heteroatoms. The van der Waals surface area contributed by atoms with E-state index in [1.165, 1.54) is 6.42 Å². The van der Waals surface area contributed by atoms with Gasteiger partial charge in [0.05, 0.1) is 0 Å². The zero-order chi connectivity index (χ0) is 13.8. The molecule has 0 aliphatic carbocycles. The molecule has 1 aromatic carbocycles. The number of piperidine rings is 1. The fourth-order valence-electron chi connectivity index (χ4n) is 2.70. The van der Waals surface area contributed by atoms with E-state index in [9.17, 15) is 4.79 Å². The molecule has 1 aliphatic heterocycles. The Morgan fingerprint density at radius 1 is 1.53 bits per heavy atom. The van der Waals surface area contributed by atoms with Gasteiger partial charge in [0, 0.05) is 23.1 Å². The van der Waals surface area contributed by atoms with Crippen molar-refractivity contribution in [2.75, 3.05) is 26.7 Å². The van der Waals surface area contributed by atoms with Crippen LogP contribution in [-0.2, 0) is 0 Å². The van der Waals surface area contributed by atoms with Crippen LogP contribution in [0.1, 0.15) is 28.8 Å². The molecule has 0 radical (unpaired) electrons. The fourth-order valence-corrected chi connectivity index (χ4v) is 3.06. The number of aryl methyl sites for hydroxylation is 1. The second-order valence-corrected chi connectivity index (χ2v) is 6.19. The van der Waals surface area contributed by atoms with Crippen LogP contribution >= 0.6 is 15.9 Å². The summed E-state index contributed by atoms with van der Waals surface area (Å²) >= 11 is 3.44. The van der Waals surface area contributed by atoms with Gasteiger partial charge < -0.3 is 10.2 Å². The maximum absolute atomic E-state index is 12.6. The number of halogens is 1. The molecule has 0 spiro atoms. The predicted molar refractivity (Wildman–Crippen MR) is 81.4 cm³/mol. The first-order chi connectivity index (χ1) is 9.11. The molecule has 1 fully saturated rings. The van der Waals surface area contributed by atoms with Crippen LogP contribution in [0.25, 0.3) is 0 Å². The number of carbonyl (C=O) groups excluding carboxylic acids is 1. The largest absolute Gasteiger partial charge is 0.338 e. The van der Waals surface area contributed by atoms with E-state index in [1.54, 1.807) is 0 Å². The second kappa shape index (κ2) is 6.53. The standard InChI is InChI=1S/C15H21BrN2O/c1-11-5-6-13(16)8-14(11)15(19)18-7-3-4-12(10-18)9-17-2/h5-6,8,12,17H,3-4,7,9-10H2,1-2H3/t12-/m0/s1. The third-order valence-electron chi connectivity index (χ3n) is 3.73. The minimum absolute atomic E-state index is 0.166. The lowest BCUT2D eigenvalue weighted by Crippen LogP contribution is -2.42. The Labute approximate surface area is 123 Å². The van der Waals surface area contributed by atoms with E-state index >= 15 is 0 Å². The number of likely N-dealkylation sites (tertiary alicyclic amines) is 1. The third-order valence-corrected chi connectivity index (χ3v) is 4.22. The summed E-state index contributed by atoms with van der Waals surface area (Å²) in [4.78, 5) is 14.6. The van der Waals surface area contributed by atoms with Crippen molar-refractivity contribution in [2.45, 2.75) is 19.8 Å². The minimum atomic E-state index is 0.166. The molecular weight excluding hydrogens is 304 g/mol. The number of benzene rings is 1. The fraction of sp³-hybridized carbons (Fsp3) is 0.533. The van der Waals surface area contributed by atoms with Gasteiger partial charge in [-0.1, -0.05) is 22.0 Å². The van der Waals surface area contributed by atoms with E-state index < -0.39 is 0 Å². The Morgan fingerprint density at radius 3 is 3.05 bits per heavy atom. The Hall–Kier alpha value is -0.870. The average Bonchev–Trinajstić information content (AvgIpc) is 2.41. The molecule has 19 heavy (non-hydrogen) atoms. The molecule has 0 aromatic heterocycles. The number of nitrogens with one attached hydrogen (secondary N) is 1. The molecule has 1 aromatic rings. The summed E-state index contributed by atoms with van der Waals surface area (Å²) in [5.74, 6) is 0.745. The number of hydrogen-bond acceptors (Lipinski definition) is 2. The average molecular weight is 325 g/mol. The first-order valence-electron chi connectivity index (χ1n) is 6.82. The predicted octanol–water partition coefficient (Wildman–Crippen LogP) is 2.83. The lowest BCUT2D eigenvalue weighted by atomic mass is 9.97. The summed E-state index contributed by atoms with van der Waals surface area (Å²) in [5, 5.41) is 3.21. The maximum atomic E-state index is 12.6. The van der Waals surface area contributed by atoms with Gasteiger partial charge >= 0.3 is 0 Å². The van der Waals surface area contributed by atoms with Crippen LogP contribution in [0.5, 0.6) is 0 Å². The van der Waals surface area contributed by atoms with Gasteiger partial charge in [0.2, 0.25) is 0 Å². The Morgan fingerprint density at radius 2 is 2.32 bits per heavy atom. The van der Waals surface area contributed by atoms with Gasteiger partial charge in [0.15, 0.2) is 0 Å². The Balaban J connectivity index is 2.12. The lowest BCUT2D eigenvalue weighted by molar-refractivity contribution is 0.0673. The maximum Gasteiger partial charge on any atom is 0.254 e. The summed E-state index contributed by atoms with van der Waals surface area (Å²) in [6.45, 7) is 4.73. The molecule has 0 bridgehead atoms. The molecule has 0 unspecified atom stereocenters. The number of amides is 1. The molecule has 0 saturated carbocycles. The molecule has 104 valence electrons. The third kappa shape index (κ3) is 3.57. The summed E-state index contributed by atoms with van der Waals surface area (Å²) in [7, 11) is 1.97. The number of nitrogens with zero attached hydrogens (tertiary/aromatic N) is 1. The normalized spacial score (nSPS) is 19.5. The van der Waals surface area contributed by atoms with Crippen molar-refractivity contribution in [3.8, 4) is 0 Å². The first-order valence-corrected chi connectivity index (χ1v) is 7.61. The van der Waals surface area contributed by atoms with Crippen molar-refractivity contribution in [1.29, 1.82) is 0 Å². The van der Waals surface area contributed by atoms with E-state index in [2.05, 4.69) is 21.2 Å². The molecule has 1 amide bonds. The van der Waals surface area contributed by atoms with Crippen molar-refractivity contribution in [1.82, 2.24) is 10.2 Å².